The highest BCUT2D eigenvalue weighted by molar-refractivity contribution is 5.31. The zero-order valence-electron chi connectivity index (χ0n) is 21.8. The molecule has 0 aromatic carbocycles. The summed E-state index contributed by atoms with van der Waals surface area (Å²) in [7, 11) is 0. The number of ether oxygens (including phenoxy) is 2. The molecule has 2 heterocycles. The number of allylic oxidation sites excluding steroid dienone is 1. The number of aliphatic hydroxyl groups is 3. The Labute approximate surface area is 217 Å². The van der Waals surface area contributed by atoms with Crippen LogP contribution in [0.15, 0.2) is 39.3 Å². The molecule has 4 aliphatic carbocycles. The molecule has 0 bridgehead atoms. The molecule has 5 N–H and O–H groups in total. The molecule has 0 amide bonds. The molecule has 5 aliphatic rings. The lowest BCUT2D eigenvalue weighted by molar-refractivity contribution is -0.259. The van der Waals surface area contributed by atoms with Crippen molar-refractivity contribution in [1.29, 1.82) is 0 Å². The highest BCUT2D eigenvalue weighted by Gasteiger charge is 2.66. The summed E-state index contributed by atoms with van der Waals surface area (Å²) in [5, 5.41) is 32.9. The third-order valence-corrected chi connectivity index (χ3v) is 11.2. The van der Waals surface area contributed by atoms with Crippen LogP contribution in [-0.4, -0.2) is 58.2 Å². The monoisotopic (exact) mass is 515 g/mol. The first-order valence-electron chi connectivity index (χ1n) is 14.0. The summed E-state index contributed by atoms with van der Waals surface area (Å²) in [5.41, 5.74) is 6.88. The smallest absolute Gasteiger partial charge is 0.335 e. The average molecular weight is 516 g/mol. The highest BCUT2D eigenvalue weighted by atomic mass is 16.7. The van der Waals surface area contributed by atoms with Crippen molar-refractivity contribution in [2.45, 2.75) is 107 Å². The lowest BCUT2D eigenvalue weighted by atomic mass is 9.45. The van der Waals surface area contributed by atoms with E-state index in [2.05, 4.69) is 19.9 Å². The van der Waals surface area contributed by atoms with E-state index in [0.717, 1.165) is 56.9 Å². The SMILES string of the molecule is C[C@]12CC[C@H](O[C@@H]3OC[C@H](N)[C@@H](O)C3O)C=C1CCC1C2CC[C@]2(C)[C@@H](c3ccc(=O)oc3)CC[C@]12O. The molecular weight excluding hydrogens is 474 g/mol. The summed E-state index contributed by atoms with van der Waals surface area (Å²) < 4.78 is 16.9. The van der Waals surface area contributed by atoms with E-state index < -0.39 is 30.1 Å². The van der Waals surface area contributed by atoms with Gasteiger partial charge in [-0.05, 0) is 86.2 Å². The van der Waals surface area contributed by atoms with E-state index in [1.54, 1.807) is 6.26 Å². The van der Waals surface area contributed by atoms with Crippen LogP contribution in [-0.2, 0) is 9.47 Å². The predicted octanol–water partition coefficient (Wildman–Crippen LogP) is 2.59. The van der Waals surface area contributed by atoms with E-state index in [1.165, 1.54) is 11.6 Å². The van der Waals surface area contributed by atoms with E-state index in [-0.39, 0.29) is 41.0 Å². The topological polar surface area (TPSA) is 135 Å². The molecule has 4 fully saturated rings. The van der Waals surface area contributed by atoms with Gasteiger partial charge in [-0.25, -0.2) is 4.79 Å². The van der Waals surface area contributed by atoms with E-state index in [0.29, 0.717) is 5.92 Å². The molecule has 1 aromatic rings. The number of fused-ring (bicyclic) bond motifs is 5. The summed E-state index contributed by atoms with van der Waals surface area (Å²) in [4.78, 5) is 11.5. The molecule has 8 nitrogen and oxygen atoms in total. The highest BCUT2D eigenvalue weighted by Crippen LogP contribution is 2.70. The van der Waals surface area contributed by atoms with Gasteiger partial charge in [0.2, 0.25) is 0 Å². The second-order valence-corrected chi connectivity index (χ2v) is 12.8. The quantitative estimate of drug-likeness (QED) is 0.451. The first-order valence-corrected chi connectivity index (χ1v) is 14.0. The van der Waals surface area contributed by atoms with Crippen LogP contribution >= 0.6 is 0 Å². The molecule has 0 spiro atoms. The van der Waals surface area contributed by atoms with Gasteiger partial charge < -0.3 is 34.9 Å². The van der Waals surface area contributed by atoms with Crippen molar-refractivity contribution in [3.63, 3.8) is 0 Å². The van der Waals surface area contributed by atoms with E-state index >= 15 is 0 Å². The van der Waals surface area contributed by atoms with Gasteiger partial charge in [0.1, 0.15) is 12.2 Å². The molecule has 37 heavy (non-hydrogen) atoms. The lowest BCUT2D eigenvalue weighted by Gasteiger charge is -2.62. The summed E-state index contributed by atoms with van der Waals surface area (Å²) >= 11 is 0. The van der Waals surface area contributed by atoms with Gasteiger partial charge >= 0.3 is 5.63 Å². The second-order valence-electron chi connectivity index (χ2n) is 12.8. The van der Waals surface area contributed by atoms with Crippen LogP contribution in [0.5, 0.6) is 0 Å². The molecule has 1 saturated heterocycles. The molecule has 6 rings (SSSR count). The van der Waals surface area contributed by atoms with Crippen molar-refractivity contribution < 1.29 is 29.2 Å². The molecule has 8 heteroatoms. The molecule has 204 valence electrons. The van der Waals surface area contributed by atoms with Crippen molar-refractivity contribution in [3.05, 3.63) is 46.0 Å². The zero-order chi connectivity index (χ0) is 26.2. The van der Waals surface area contributed by atoms with Gasteiger partial charge in [-0.2, -0.15) is 0 Å². The maximum atomic E-state index is 12.4. The number of aliphatic hydroxyl groups excluding tert-OH is 2. The van der Waals surface area contributed by atoms with Crippen molar-refractivity contribution in [2.75, 3.05) is 6.61 Å². The van der Waals surface area contributed by atoms with Crippen LogP contribution in [0.3, 0.4) is 0 Å². The normalized spacial score (nSPS) is 49.5. The predicted molar refractivity (Wildman–Crippen MR) is 135 cm³/mol. The Kier molecular flexibility index (Phi) is 6.25. The van der Waals surface area contributed by atoms with Gasteiger partial charge in [0, 0.05) is 11.5 Å². The zero-order valence-corrected chi connectivity index (χ0v) is 21.8. The van der Waals surface area contributed by atoms with E-state index in [4.69, 9.17) is 19.6 Å². The van der Waals surface area contributed by atoms with Gasteiger partial charge in [-0.1, -0.05) is 25.5 Å². The maximum Gasteiger partial charge on any atom is 0.335 e. The Balaban J connectivity index is 1.21. The largest absolute Gasteiger partial charge is 0.431 e. The summed E-state index contributed by atoms with van der Waals surface area (Å²) in [6, 6.07) is 2.76. The molecule has 11 atom stereocenters. The molecule has 1 aromatic heterocycles. The Morgan fingerprint density at radius 3 is 2.59 bits per heavy atom. The molecule has 1 aliphatic heterocycles. The minimum atomic E-state index is -1.16. The Hall–Kier alpha value is -1.55. The fraction of sp³-hybridized carbons (Fsp3) is 0.759. The van der Waals surface area contributed by atoms with Crippen LogP contribution in [0.2, 0.25) is 0 Å². The minimum absolute atomic E-state index is 0.00533. The molecule has 0 radical (unpaired) electrons. The summed E-state index contributed by atoms with van der Waals surface area (Å²) in [6.07, 6.45) is 7.83. The number of nitrogens with two attached hydrogens (primary N) is 1. The molecule has 3 saturated carbocycles. The summed E-state index contributed by atoms with van der Waals surface area (Å²) in [5.74, 6) is 0.809. The third-order valence-electron chi connectivity index (χ3n) is 11.2. The van der Waals surface area contributed by atoms with Crippen LogP contribution in [0.25, 0.3) is 0 Å². The second kappa shape index (κ2) is 9.00. The average Bonchev–Trinajstić information content (AvgIpc) is 3.16. The maximum absolute atomic E-state index is 12.4. The van der Waals surface area contributed by atoms with Gasteiger partial charge in [0.05, 0.1) is 30.6 Å². The van der Waals surface area contributed by atoms with Crippen molar-refractivity contribution in [3.8, 4) is 0 Å². The van der Waals surface area contributed by atoms with Crippen LogP contribution in [0.4, 0.5) is 0 Å². The van der Waals surface area contributed by atoms with Crippen LogP contribution in [0, 0.1) is 22.7 Å². The minimum Gasteiger partial charge on any atom is -0.431 e. The van der Waals surface area contributed by atoms with Gasteiger partial charge in [-0.3, -0.25) is 0 Å². The van der Waals surface area contributed by atoms with Gasteiger partial charge in [0.15, 0.2) is 6.29 Å². The summed E-state index contributed by atoms with van der Waals surface area (Å²) in [6.45, 7) is 4.77. The number of hydrogen-bond donors (Lipinski definition) is 4. The van der Waals surface area contributed by atoms with Crippen molar-refractivity contribution in [1.82, 2.24) is 0 Å². The van der Waals surface area contributed by atoms with Crippen LogP contribution < -0.4 is 11.4 Å². The van der Waals surface area contributed by atoms with Gasteiger partial charge in [0.25, 0.3) is 0 Å². The van der Waals surface area contributed by atoms with Crippen LogP contribution in [0.1, 0.15) is 76.7 Å². The Morgan fingerprint density at radius 2 is 1.84 bits per heavy atom. The first kappa shape index (κ1) is 25.7. The third kappa shape index (κ3) is 3.82. The molecular formula is C29H41NO7. The lowest BCUT2D eigenvalue weighted by Crippen LogP contribution is -2.60. The molecule has 3 unspecified atom stereocenters. The number of hydrogen-bond acceptors (Lipinski definition) is 8. The number of rotatable bonds is 3. The van der Waals surface area contributed by atoms with Gasteiger partial charge in [-0.15, -0.1) is 0 Å². The Morgan fingerprint density at radius 1 is 1.03 bits per heavy atom. The standard InChI is InChI=1S/C29H41NO7/c1-27-10-7-18(37-26-25(33)24(32)22(30)15-36-26)13-17(27)4-5-21-20(27)8-11-28(2)19(9-12-29(21,28)34)16-3-6-23(31)35-14-16/h3,6,13-14,18-22,24-26,32-34H,4-5,7-12,15,30H2,1-2H3/t18-,19+,20?,21?,22-,24+,25?,26-,27-,28+,29-/m0/s1. The van der Waals surface area contributed by atoms with Crippen molar-refractivity contribution >= 4 is 0 Å². The Bertz CT molecular complexity index is 1100. The van der Waals surface area contributed by atoms with E-state index in [1.807, 2.05) is 6.07 Å². The first-order chi connectivity index (χ1) is 17.6. The van der Waals surface area contributed by atoms with E-state index in [9.17, 15) is 20.1 Å². The van der Waals surface area contributed by atoms with Crippen molar-refractivity contribution in [2.24, 2.45) is 28.4 Å². The fourth-order valence-corrected chi connectivity index (χ4v) is 8.98. The fourth-order valence-electron chi connectivity index (χ4n) is 8.98.